The lowest BCUT2D eigenvalue weighted by Crippen LogP contribution is -2.48. The third-order valence-electron chi connectivity index (χ3n) is 3.87. The van der Waals surface area contributed by atoms with E-state index in [0.717, 1.165) is 32.2 Å². The minimum absolute atomic E-state index is 0.0840. The van der Waals surface area contributed by atoms with Crippen LogP contribution in [-0.4, -0.2) is 41.7 Å². The Labute approximate surface area is 117 Å². The summed E-state index contributed by atoms with van der Waals surface area (Å²) in [5.41, 5.74) is 5.92. The number of hydrogen-bond acceptors (Lipinski definition) is 3. The number of amides is 1. The van der Waals surface area contributed by atoms with Gasteiger partial charge in [0.15, 0.2) is 0 Å². The van der Waals surface area contributed by atoms with Crippen molar-refractivity contribution in [1.29, 1.82) is 0 Å². The molecule has 19 heavy (non-hydrogen) atoms. The summed E-state index contributed by atoms with van der Waals surface area (Å²) in [6.45, 7) is 7.82. The SMILES string of the molecule is CC(C)(C)CC(CN)C(=O)N1CCCCC1CCO. The largest absolute Gasteiger partial charge is 0.396 e. The molecule has 0 aromatic heterocycles. The van der Waals surface area contributed by atoms with Crippen molar-refractivity contribution in [3.05, 3.63) is 0 Å². The van der Waals surface area contributed by atoms with Crippen molar-refractivity contribution in [1.82, 2.24) is 4.90 Å². The summed E-state index contributed by atoms with van der Waals surface area (Å²) in [5, 5.41) is 9.14. The Bertz CT molecular complexity index is 284. The number of carbonyl (C=O) groups excluding carboxylic acids is 1. The van der Waals surface area contributed by atoms with Gasteiger partial charge in [-0.2, -0.15) is 0 Å². The van der Waals surface area contributed by atoms with Crippen molar-refractivity contribution in [2.75, 3.05) is 19.7 Å². The Morgan fingerprint density at radius 3 is 2.63 bits per heavy atom. The predicted molar refractivity (Wildman–Crippen MR) is 77.7 cm³/mol. The first-order chi connectivity index (χ1) is 8.89. The highest BCUT2D eigenvalue weighted by atomic mass is 16.3. The lowest BCUT2D eigenvalue weighted by Gasteiger charge is -2.38. The normalized spacial score (nSPS) is 22.4. The molecule has 2 unspecified atom stereocenters. The van der Waals surface area contributed by atoms with Crippen molar-refractivity contribution < 1.29 is 9.90 Å². The molecule has 1 amide bonds. The second kappa shape index (κ2) is 7.25. The molecule has 0 saturated carbocycles. The van der Waals surface area contributed by atoms with Crippen LogP contribution in [0.3, 0.4) is 0 Å². The standard InChI is InChI=1S/C15H30N2O2/c1-15(2,3)10-12(11-16)14(19)17-8-5-4-6-13(17)7-9-18/h12-13,18H,4-11,16H2,1-3H3. The van der Waals surface area contributed by atoms with Gasteiger partial charge in [-0.15, -0.1) is 0 Å². The molecule has 0 aromatic carbocycles. The van der Waals surface area contributed by atoms with E-state index in [9.17, 15) is 4.79 Å². The number of aliphatic hydroxyl groups excluding tert-OH is 1. The van der Waals surface area contributed by atoms with E-state index >= 15 is 0 Å². The van der Waals surface area contributed by atoms with E-state index in [0.29, 0.717) is 13.0 Å². The smallest absolute Gasteiger partial charge is 0.227 e. The van der Waals surface area contributed by atoms with Gasteiger partial charge in [0.05, 0.1) is 5.92 Å². The highest BCUT2D eigenvalue weighted by Gasteiger charge is 2.32. The zero-order chi connectivity index (χ0) is 14.5. The van der Waals surface area contributed by atoms with Crippen molar-refractivity contribution in [3.63, 3.8) is 0 Å². The topological polar surface area (TPSA) is 66.6 Å². The fourth-order valence-corrected chi connectivity index (χ4v) is 2.99. The quantitative estimate of drug-likeness (QED) is 0.800. The van der Waals surface area contributed by atoms with Gasteiger partial charge in [0.1, 0.15) is 0 Å². The van der Waals surface area contributed by atoms with Crippen LogP contribution in [0, 0.1) is 11.3 Å². The van der Waals surface area contributed by atoms with Crippen LogP contribution in [0.2, 0.25) is 0 Å². The summed E-state index contributed by atoms with van der Waals surface area (Å²) in [7, 11) is 0. The van der Waals surface area contributed by atoms with Crippen LogP contribution in [0.4, 0.5) is 0 Å². The van der Waals surface area contributed by atoms with Gasteiger partial charge in [0.25, 0.3) is 0 Å². The Kier molecular flexibility index (Phi) is 6.27. The molecule has 1 heterocycles. The number of carbonyl (C=O) groups is 1. The van der Waals surface area contributed by atoms with Gasteiger partial charge >= 0.3 is 0 Å². The molecule has 3 N–H and O–H groups in total. The molecule has 1 saturated heterocycles. The third kappa shape index (κ3) is 5.11. The maximum absolute atomic E-state index is 12.7. The lowest BCUT2D eigenvalue weighted by molar-refractivity contribution is -0.140. The van der Waals surface area contributed by atoms with E-state index in [1.165, 1.54) is 0 Å². The Hall–Kier alpha value is -0.610. The number of piperidine rings is 1. The number of nitrogens with zero attached hydrogens (tertiary/aromatic N) is 1. The van der Waals surface area contributed by atoms with Crippen LogP contribution in [0.15, 0.2) is 0 Å². The minimum atomic E-state index is -0.0840. The van der Waals surface area contributed by atoms with Crippen LogP contribution in [-0.2, 0) is 4.79 Å². The molecule has 4 heteroatoms. The van der Waals surface area contributed by atoms with Gasteiger partial charge in [-0.05, 0) is 37.5 Å². The van der Waals surface area contributed by atoms with Crippen molar-refractivity contribution in [2.24, 2.45) is 17.1 Å². The molecule has 0 spiro atoms. The van der Waals surface area contributed by atoms with Crippen LogP contribution in [0.1, 0.15) is 52.9 Å². The van der Waals surface area contributed by atoms with Crippen LogP contribution >= 0.6 is 0 Å². The van der Waals surface area contributed by atoms with Crippen molar-refractivity contribution in [3.8, 4) is 0 Å². The Morgan fingerprint density at radius 2 is 2.11 bits per heavy atom. The summed E-state index contributed by atoms with van der Waals surface area (Å²) in [5.74, 6) is 0.106. The molecule has 1 aliphatic heterocycles. The number of aliphatic hydroxyl groups is 1. The highest BCUT2D eigenvalue weighted by Crippen LogP contribution is 2.28. The average Bonchev–Trinajstić information content (AvgIpc) is 2.35. The van der Waals surface area contributed by atoms with Crippen LogP contribution < -0.4 is 5.73 Å². The summed E-state index contributed by atoms with van der Waals surface area (Å²) >= 11 is 0. The second-order valence-corrected chi connectivity index (χ2v) is 6.89. The van der Waals surface area contributed by atoms with Crippen LogP contribution in [0.5, 0.6) is 0 Å². The first kappa shape index (κ1) is 16.4. The number of rotatable bonds is 5. The molecule has 1 rings (SSSR count). The van der Waals surface area contributed by atoms with Gasteiger partial charge in [0.2, 0.25) is 5.91 Å². The van der Waals surface area contributed by atoms with E-state index in [1.807, 2.05) is 4.90 Å². The van der Waals surface area contributed by atoms with E-state index in [1.54, 1.807) is 0 Å². The molecule has 4 nitrogen and oxygen atoms in total. The molecule has 0 bridgehead atoms. The maximum atomic E-state index is 12.7. The molecule has 1 fully saturated rings. The molecule has 0 aromatic rings. The van der Waals surface area contributed by atoms with Gasteiger partial charge in [-0.1, -0.05) is 20.8 Å². The van der Waals surface area contributed by atoms with Crippen molar-refractivity contribution >= 4 is 5.91 Å². The molecule has 2 atom stereocenters. The molecule has 0 radical (unpaired) electrons. The first-order valence-electron chi connectivity index (χ1n) is 7.50. The monoisotopic (exact) mass is 270 g/mol. The second-order valence-electron chi connectivity index (χ2n) is 6.89. The van der Waals surface area contributed by atoms with E-state index in [2.05, 4.69) is 20.8 Å². The van der Waals surface area contributed by atoms with E-state index < -0.39 is 0 Å². The fourth-order valence-electron chi connectivity index (χ4n) is 2.99. The molecule has 112 valence electrons. The molecular formula is C15H30N2O2. The molecule has 1 aliphatic rings. The third-order valence-corrected chi connectivity index (χ3v) is 3.87. The Balaban J connectivity index is 2.70. The average molecular weight is 270 g/mol. The summed E-state index contributed by atoms with van der Waals surface area (Å²) in [4.78, 5) is 14.6. The van der Waals surface area contributed by atoms with Crippen LogP contribution in [0.25, 0.3) is 0 Å². The number of likely N-dealkylation sites (tertiary alicyclic amines) is 1. The predicted octanol–water partition coefficient (Wildman–Crippen LogP) is 1.76. The maximum Gasteiger partial charge on any atom is 0.227 e. The highest BCUT2D eigenvalue weighted by molar-refractivity contribution is 5.79. The lowest BCUT2D eigenvalue weighted by atomic mass is 9.83. The van der Waals surface area contributed by atoms with E-state index in [-0.39, 0.29) is 29.9 Å². The summed E-state index contributed by atoms with van der Waals surface area (Å²) in [6.07, 6.45) is 4.75. The fraction of sp³-hybridized carbons (Fsp3) is 0.933. The number of hydrogen-bond donors (Lipinski definition) is 2. The van der Waals surface area contributed by atoms with Gasteiger partial charge < -0.3 is 15.7 Å². The molecule has 0 aliphatic carbocycles. The van der Waals surface area contributed by atoms with Gasteiger partial charge in [-0.25, -0.2) is 0 Å². The zero-order valence-electron chi connectivity index (χ0n) is 12.7. The van der Waals surface area contributed by atoms with Crippen molar-refractivity contribution in [2.45, 2.75) is 58.9 Å². The molecular weight excluding hydrogens is 240 g/mol. The zero-order valence-corrected chi connectivity index (χ0v) is 12.7. The minimum Gasteiger partial charge on any atom is -0.396 e. The first-order valence-corrected chi connectivity index (χ1v) is 7.50. The summed E-state index contributed by atoms with van der Waals surface area (Å²) < 4.78 is 0. The summed E-state index contributed by atoms with van der Waals surface area (Å²) in [6, 6.07) is 0.209. The van der Waals surface area contributed by atoms with Gasteiger partial charge in [0, 0.05) is 25.7 Å². The number of nitrogens with two attached hydrogens (primary N) is 1. The Morgan fingerprint density at radius 1 is 1.42 bits per heavy atom. The van der Waals surface area contributed by atoms with Gasteiger partial charge in [-0.3, -0.25) is 4.79 Å². The van der Waals surface area contributed by atoms with E-state index in [4.69, 9.17) is 10.8 Å².